The lowest BCUT2D eigenvalue weighted by atomic mass is 9.73. The molecule has 1 aromatic carbocycles. The molecule has 0 heterocycles. The van der Waals surface area contributed by atoms with Crippen LogP contribution >= 0.6 is 0 Å². The lowest BCUT2D eigenvalue weighted by Crippen LogP contribution is -2.59. The zero-order chi connectivity index (χ0) is 14.8. The number of benzene rings is 1. The van der Waals surface area contributed by atoms with Gasteiger partial charge in [0.2, 0.25) is 0 Å². The Morgan fingerprint density at radius 2 is 2.30 bits per heavy atom. The van der Waals surface area contributed by atoms with Crippen molar-refractivity contribution in [1.82, 2.24) is 5.32 Å². The van der Waals surface area contributed by atoms with Crippen molar-refractivity contribution in [3.8, 4) is 5.75 Å². The third-order valence-electron chi connectivity index (χ3n) is 4.38. The van der Waals surface area contributed by atoms with Gasteiger partial charge >= 0.3 is 0 Å². The monoisotopic (exact) mass is 280 g/mol. The Kier molecular flexibility index (Phi) is 4.28. The van der Waals surface area contributed by atoms with E-state index in [1.807, 2.05) is 0 Å². The molecule has 0 radical (unpaired) electrons. The van der Waals surface area contributed by atoms with E-state index in [0.717, 1.165) is 31.7 Å². The predicted octanol–water partition coefficient (Wildman–Crippen LogP) is 2.17. The van der Waals surface area contributed by atoms with Gasteiger partial charge in [-0.2, -0.15) is 0 Å². The first-order valence-corrected chi connectivity index (χ1v) is 6.99. The Bertz CT molecular complexity index is 507. The Labute approximate surface area is 118 Å². The second-order valence-electron chi connectivity index (χ2n) is 5.63. The number of carbonyl (C=O) groups excluding carboxylic acids is 1. The Morgan fingerprint density at radius 1 is 1.55 bits per heavy atom. The lowest BCUT2D eigenvalue weighted by molar-refractivity contribution is 0.0808. The molecule has 5 heteroatoms. The molecule has 2 atom stereocenters. The number of rotatable bonds is 3. The van der Waals surface area contributed by atoms with Crippen LogP contribution in [0.4, 0.5) is 4.39 Å². The molecule has 0 spiro atoms. The predicted molar refractivity (Wildman–Crippen MR) is 74.9 cm³/mol. The van der Waals surface area contributed by atoms with Gasteiger partial charge in [0.1, 0.15) is 11.6 Å². The van der Waals surface area contributed by atoms with Crippen LogP contribution in [0.2, 0.25) is 0 Å². The highest BCUT2D eigenvalue weighted by Gasteiger charge is 2.38. The van der Waals surface area contributed by atoms with Gasteiger partial charge in [0, 0.05) is 12.6 Å². The average molecular weight is 280 g/mol. The first-order valence-electron chi connectivity index (χ1n) is 6.99. The van der Waals surface area contributed by atoms with E-state index in [1.54, 1.807) is 0 Å². The van der Waals surface area contributed by atoms with E-state index in [-0.39, 0.29) is 17.2 Å². The first kappa shape index (κ1) is 14.8. The quantitative estimate of drug-likeness (QED) is 0.794. The highest BCUT2D eigenvalue weighted by Crippen LogP contribution is 2.33. The van der Waals surface area contributed by atoms with Crippen molar-refractivity contribution >= 4 is 5.91 Å². The second-order valence-corrected chi connectivity index (χ2v) is 5.63. The number of amides is 1. The molecule has 0 bridgehead atoms. The van der Waals surface area contributed by atoms with Crippen LogP contribution in [-0.4, -0.2) is 23.1 Å². The van der Waals surface area contributed by atoms with Gasteiger partial charge < -0.3 is 16.2 Å². The summed E-state index contributed by atoms with van der Waals surface area (Å²) in [6.07, 6.45) is 3.97. The molecular formula is C15H21FN2O2. The Morgan fingerprint density at radius 3 is 2.90 bits per heavy atom. The maximum atomic E-state index is 13.7. The molecule has 4 N–H and O–H groups in total. The standard InChI is InChI=1S/C15H21FN2O2/c1-10-4-2-3-7-15(10,9-17)18-14(20)12-6-5-11(19)8-13(12)16/h5-6,8,10,19H,2-4,7,9,17H2,1H3,(H,18,20). The molecule has 2 unspecified atom stereocenters. The summed E-state index contributed by atoms with van der Waals surface area (Å²) >= 11 is 0. The van der Waals surface area contributed by atoms with Gasteiger partial charge in [-0.05, 0) is 30.9 Å². The highest BCUT2D eigenvalue weighted by molar-refractivity contribution is 5.95. The van der Waals surface area contributed by atoms with E-state index < -0.39 is 17.3 Å². The number of aromatic hydroxyl groups is 1. The average Bonchev–Trinajstić information content (AvgIpc) is 2.41. The van der Waals surface area contributed by atoms with Crippen LogP contribution in [0.15, 0.2) is 18.2 Å². The summed E-state index contributed by atoms with van der Waals surface area (Å²) < 4.78 is 13.7. The van der Waals surface area contributed by atoms with Crippen molar-refractivity contribution in [2.45, 2.75) is 38.1 Å². The van der Waals surface area contributed by atoms with E-state index in [1.165, 1.54) is 12.1 Å². The van der Waals surface area contributed by atoms with Gasteiger partial charge in [-0.1, -0.05) is 19.8 Å². The summed E-state index contributed by atoms with van der Waals surface area (Å²) in [4.78, 5) is 12.3. The summed E-state index contributed by atoms with van der Waals surface area (Å²) in [7, 11) is 0. The Hall–Kier alpha value is -1.62. The molecule has 0 aromatic heterocycles. The minimum Gasteiger partial charge on any atom is -0.508 e. The highest BCUT2D eigenvalue weighted by atomic mass is 19.1. The molecule has 4 nitrogen and oxygen atoms in total. The molecule has 1 aromatic rings. The van der Waals surface area contributed by atoms with Gasteiger partial charge in [-0.3, -0.25) is 4.79 Å². The van der Waals surface area contributed by atoms with E-state index >= 15 is 0 Å². The van der Waals surface area contributed by atoms with Crippen molar-refractivity contribution in [2.24, 2.45) is 11.7 Å². The van der Waals surface area contributed by atoms with Crippen molar-refractivity contribution < 1.29 is 14.3 Å². The normalized spacial score (nSPS) is 26.2. The molecule has 20 heavy (non-hydrogen) atoms. The first-order chi connectivity index (χ1) is 9.48. The number of nitrogens with two attached hydrogens (primary N) is 1. The van der Waals surface area contributed by atoms with Crippen LogP contribution in [0.25, 0.3) is 0 Å². The number of halogens is 1. The largest absolute Gasteiger partial charge is 0.508 e. The molecular weight excluding hydrogens is 259 g/mol. The maximum Gasteiger partial charge on any atom is 0.254 e. The molecule has 1 aliphatic rings. The maximum absolute atomic E-state index is 13.7. The van der Waals surface area contributed by atoms with Crippen molar-refractivity contribution in [2.75, 3.05) is 6.54 Å². The third-order valence-corrected chi connectivity index (χ3v) is 4.38. The van der Waals surface area contributed by atoms with Crippen LogP contribution in [0.1, 0.15) is 43.0 Å². The fourth-order valence-corrected chi connectivity index (χ4v) is 2.94. The fraction of sp³-hybridized carbons (Fsp3) is 0.533. The number of phenols is 1. The minimum absolute atomic E-state index is 0.0617. The number of carbonyl (C=O) groups is 1. The summed E-state index contributed by atoms with van der Waals surface area (Å²) in [6.45, 7) is 2.42. The number of nitrogens with one attached hydrogen (secondary N) is 1. The summed E-state index contributed by atoms with van der Waals surface area (Å²) in [5, 5.41) is 12.1. The van der Waals surface area contributed by atoms with E-state index in [2.05, 4.69) is 12.2 Å². The summed E-state index contributed by atoms with van der Waals surface area (Å²) in [5.41, 5.74) is 5.35. The van der Waals surface area contributed by atoms with Crippen molar-refractivity contribution in [3.05, 3.63) is 29.6 Å². The smallest absolute Gasteiger partial charge is 0.254 e. The zero-order valence-electron chi connectivity index (χ0n) is 11.7. The molecule has 1 amide bonds. The van der Waals surface area contributed by atoms with E-state index in [4.69, 9.17) is 5.73 Å². The second kappa shape index (κ2) is 5.79. The van der Waals surface area contributed by atoms with E-state index in [9.17, 15) is 14.3 Å². The van der Waals surface area contributed by atoms with Crippen LogP contribution < -0.4 is 11.1 Å². The van der Waals surface area contributed by atoms with Crippen molar-refractivity contribution in [1.29, 1.82) is 0 Å². The van der Waals surface area contributed by atoms with Crippen LogP contribution in [0.3, 0.4) is 0 Å². The van der Waals surface area contributed by atoms with Gasteiger partial charge in [0.25, 0.3) is 5.91 Å². The molecule has 1 fully saturated rings. The molecule has 2 rings (SSSR count). The number of hydrogen-bond acceptors (Lipinski definition) is 3. The lowest BCUT2D eigenvalue weighted by Gasteiger charge is -2.42. The van der Waals surface area contributed by atoms with Crippen LogP contribution in [0.5, 0.6) is 5.75 Å². The van der Waals surface area contributed by atoms with Crippen LogP contribution in [0, 0.1) is 11.7 Å². The van der Waals surface area contributed by atoms with Crippen LogP contribution in [-0.2, 0) is 0 Å². The Balaban J connectivity index is 2.20. The van der Waals surface area contributed by atoms with Gasteiger partial charge in [0.05, 0.1) is 11.1 Å². The fourth-order valence-electron chi connectivity index (χ4n) is 2.94. The molecule has 0 aliphatic heterocycles. The number of hydrogen-bond donors (Lipinski definition) is 3. The molecule has 110 valence electrons. The molecule has 1 aliphatic carbocycles. The van der Waals surface area contributed by atoms with Crippen molar-refractivity contribution in [3.63, 3.8) is 0 Å². The molecule has 0 saturated heterocycles. The van der Waals surface area contributed by atoms with E-state index in [0.29, 0.717) is 6.54 Å². The van der Waals surface area contributed by atoms with Gasteiger partial charge in [-0.15, -0.1) is 0 Å². The van der Waals surface area contributed by atoms with Gasteiger partial charge in [-0.25, -0.2) is 4.39 Å². The SMILES string of the molecule is CC1CCCCC1(CN)NC(=O)c1ccc(O)cc1F. The minimum atomic E-state index is -0.724. The topological polar surface area (TPSA) is 75.3 Å². The van der Waals surface area contributed by atoms with Gasteiger partial charge in [0.15, 0.2) is 0 Å². The summed E-state index contributed by atoms with van der Waals surface area (Å²) in [6, 6.07) is 3.53. The third kappa shape index (κ3) is 2.77. The summed E-state index contributed by atoms with van der Waals surface area (Å²) in [5.74, 6) is -1.12. The number of phenolic OH excluding ortho intramolecular Hbond substituents is 1. The molecule has 1 saturated carbocycles. The zero-order valence-corrected chi connectivity index (χ0v) is 11.7.